The van der Waals surface area contributed by atoms with Gasteiger partial charge in [-0.2, -0.15) is 0 Å². The highest BCUT2D eigenvalue weighted by Gasteiger charge is 2.14. The van der Waals surface area contributed by atoms with Crippen molar-refractivity contribution in [2.45, 2.75) is 6.61 Å². The normalized spacial score (nSPS) is 10.3. The number of nitrogens with one attached hydrogen (secondary N) is 1. The van der Waals surface area contributed by atoms with Gasteiger partial charge in [-0.15, -0.1) is 0 Å². The number of benzene rings is 3. The topological polar surface area (TPSA) is 38.3 Å². The van der Waals surface area contributed by atoms with E-state index in [1.807, 2.05) is 36.4 Å². The molecule has 0 radical (unpaired) electrons. The molecule has 0 saturated heterocycles. The molecule has 0 heterocycles. The average Bonchev–Trinajstić information content (AvgIpc) is 2.63. The largest absolute Gasteiger partial charge is 0.488 e. The molecule has 3 rings (SSSR count). The van der Waals surface area contributed by atoms with Gasteiger partial charge in [-0.1, -0.05) is 57.9 Å². The first kappa shape index (κ1) is 17.5. The van der Waals surface area contributed by atoms with Crippen LogP contribution in [0.3, 0.4) is 0 Å². The van der Waals surface area contributed by atoms with Gasteiger partial charge < -0.3 is 10.1 Å². The molecule has 0 aliphatic heterocycles. The SMILES string of the molecule is O=C(Nc1ccc(Cl)cc1)c1cc(Br)ccc1OCc1ccccc1. The van der Waals surface area contributed by atoms with Gasteiger partial charge >= 0.3 is 0 Å². The van der Waals surface area contributed by atoms with E-state index in [2.05, 4.69) is 21.2 Å². The van der Waals surface area contributed by atoms with Crippen molar-refractivity contribution in [2.75, 3.05) is 5.32 Å². The third-order valence-electron chi connectivity index (χ3n) is 3.53. The van der Waals surface area contributed by atoms with Gasteiger partial charge in [0.05, 0.1) is 5.56 Å². The van der Waals surface area contributed by atoms with Gasteiger partial charge in [-0.3, -0.25) is 4.79 Å². The van der Waals surface area contributed by atoms with Crippen LogP contribution in [0.25, 0.3) is 0 Å². The van der Waals surface area contributed by atoms with E-state index in [0.717, 1.165) is 10.0 Å². The van der Waals surface area contributed by atoms with E-state index in [4.69, 9.17) is 16.3 Å². The van der Waals surface area contributed by atoms with Crippen LogP contribution < -0.4 is 10.1 Å². The smallest absolute Gasteiger partial charge is 0.259 e. The van der Waals surface area contributed by atoms with Crippen molar-refractivity contribution < 1.29 is 9.53 Å². The number of ether oxygens (including phenoxy) is 1. The zero-order chi connectivity index (χ0) is 17.6. The number of rotatable bonds is 5. The van der Waals surface area contributed by atoms with Crippen molar-refractivity contribution in [3.8, 4) is 5.75 Å². The second-order valence-corrected chi connectivity index (χ2v) is 6.73. The first-order valence-electron chi connectivity index (χ1n) is 7.65. The highest BCUT2D eigenvalue weighted by molar-refractivity contribution is 9.10. The molecule has 0 aliphatic rings. The fourth-order valence-corrected chi connectivity index (χ4v) is 2.76. The van der Waals surface area contributed by atoms with Crippen LogP contribution in [0, 0.1) is 0 Å². The molecule has 126 valence electrons. The third-order valence-corrected chi connectivity index (χ3v) is 4.27. The Balaban J connectivity index is 1.78. The van der Waals surface area contributed by atoms with E-state index in [-0.39, 0.29) is 5.91 Å². The number of halogens is 2. The van der Waals surface area contributed by atoms with E-state index in [9.17, 15) is 4.79 Å². The second kappa shape index (κ2) is 8.19. The van der Waals surface area contributed by atoms with Gasteiger partial charge in [-0.05, 0) is 48.0 Å². The van der Waals surface area contributed by atoms with Crippen LogP contribution in [0.2, 0.25) is 5.02 Å². The molecule has 0 saturated carbocycles. The van der Waals surface area contributed by atoms with Gasteiger partial charge in [0.2, 0.25) is 0 Å². The van der Waals surface area contributed by atoms with Crippen LogP contribution >= 0.6 is 27.5 Å². The van der Waals surface area contributed by atoms with Crippen LogP contribution in [0.4, 0.5) is 5.69 Å². The Morgan fingerprint density at radius 1 is 1.00 bits per heavy atom. The summed E-state index contributed by atoms with van der Waals surface area (Å²) in [5.41, 5.74) is 2.16. The quantitative estimate of drug-likeness (QED) is 0.559. The Morgan fingerprint density at radius 3 is 2.44 bits per heavy atom. The molecule has 0 aromatic heterocycles. The molecule has 0 aliphatic carbocycles. The minimum absolute atomic E-state index is 0.244. The Morgan fingerprint density at radius 2 is 1.72 bits per heavy atom. The summed E-state index contributed by atoms with van der Waals surface area (Å²) in [6.45, 7) is 0.393. The van der Waals surface area contributed by atoms with Crippen molar-refractivity contribution in [3.63, 3.8) is 0 Å². The highest BCUT2D eigenvalue weighted by atomic mass is 79.9. The maximum absolute atomic E-state index is 12.6. The number of hydrogen-bond acceptors (Lipinski definition) is 2. The molecular formula is C20H15BrClNO2. The van der Waals surface area contributed by atoms with E-state index < -0.39 is 0 Å². The molecule has 3 aromatic rings. The van der Waals surface area contributed by atoms with Gasteiger partial charge in [0.1, 0.15) is 12.4 Å². The van der Waals surface area contributed by atoms with Crippen LogP contribution in [0.15, 0.2) is 77.3 Å². The summed E-state index contributed by atoms with van der Waals surface area (Å²) in [6.07, 6.45) is 0. The van der Waals surface area contributed by atoms with Gasteiger partial charge in [0, 0.05) is 15.2 Å². The summed E-state index contributed by atoms with van der Waals surface area (Å²) < 4.78 is 6.66. The second-order valence-electron chi connectivity index (χ2n) is 5.38. The molecule has 0 atom stereocenters. The summed E-state index contributed by atoms with van der Waals surface area (Å²) in [4.78, 5) is 12.6. The molecular weight excluding hydrogens is 402 g/mol. The Labute approximate surface area is 159 Å². The lowest BCUT2D eigenvalue weighted by atomic mass is 10.1. The Kier molecular flexibility index (Phi) is 5.74. The van der Waals surface area contributed by atoms with E-state index in [1.54, 1.807) is 36.4 Å². The minimum atomic E-state index is -0.244. The third kappa shape index (κ3) is 4.84. The first-order valence-corrected chi connectivity index (χ1v) is 8.82. The zero-order valence-electron chi connectivity index (χ0n) is 13.2. The van der Waals surface area contributed by atoms with Gasteiger partial charge in [0.25, 0.3) is 5.91 Å². The standard InChI is InChI=1S/C20H15BrClNO2/c21-15-6-11-19(25-13-14-4-2-1-3-5-14)18(12-15)20(24)23-17-9-7-16(22)8-10-17/h1-12H,13H2,(H,23,24). The molecule has 3 aromatic carbocycles. The van der Waals surface area contributed by atoms with Gasteiger partial charge in [0.15, 0.2) is 0 Å². The maximum atomic E-state index is 12.6. The van der Waals surface area contributed by atoms with Crippen molar-refractivity contribution >= 4 is 39.1 Å². The van der Waals surface area contributed by atoms with Crippen LogP contribution in [0.1, 0.15) is 15.9 Å². The fourth-order valence-electron chi connectivity index (χ4n) is 2.27. The van der Waals surface area contributed by atoms with E-state index in [1.165, 1.54) is 0 Å². The number of hydrogen-bond donors (Lipinski definition) is 1. The monoisotopic (exact) mass is 415 g/mol. The molecule has 0 unspecified atom stereocenters. The minimum Gasteiger partial charge on any atom is -0.488 e. The van der Waals surface area contributed by atoms with Crippen LogP contribution in [-0.2, 0) is 6.61 Å². The van der Waals surface area contributed by atoms with Gasteiger partial charge in [-0.25, -0.2) is 0 Å². The number of carbonyl (C=O) groups is 1. The van der Waals surface area contributed by atoms with Crippen LogP contribution in [0.5, 0.6) is 5.75 Å². The number of carbonyl (C=O) groups excluding carboxylic acids is 1. The van der Waals surface area contributed by atoms with Crippen LogP contribution in [-0.4, -0.2) is 5.91 Å². The predicted octanol–water partition coefficient (Wildman–Crippen LogP) is 5.93. The Hall–Kier alpha value is -2.30. The Bertz CT molecular complexity index is 867. The van der Waals surface area contributed by atoms with Crippen molar-refractivity contribution in [1.82, 2.24) is 0 Å². The fraction of sp³-hybridized carbons (Fsp3) is 0.0500. The summed E-state index contributed by atoms with van der Waals surface area (Å²) in [6, 6.07) is 22.1. The highest BCUT2D eigenvalue weighted by Crippen LogP contribution is 2.25. The van der Waals surface area contributed by atoms with Crippen molar-refractivity contribution in [3.05, 3.63) is 93.4 Å². The van der Waals surface area contributed by atoms with Crippen molar-refractivity contribution in [1.29, 1.82) is 0 Å². The summed E-state index contributed by atoms with van der Waals surface area (Å²) >= 11 is 9.27. The molecule has 3 nitrogen and oxygen atoms in total. The zero-order valence-corrected chi connectivity index (χ0v) is 15.5. The lowest BCUT2D eigenvalue weighted by Crippen LogP contribution is -2.13. The average molecular weight is 417 g/mol. The molecule has 1 N–H and O–H groups in total. The summed E-state index contributed by atoms with van der Waals surface area (Å²) in [7, 11) is 0. The summed E-state index contributed by atoms with van der Waals surface area (Å²) in [5, 5.41) is 3.47. The number of anilines is 1. The molecule has 25 heavy (non-hydrogen) atoms. The van der Waals surface area contributed by atoms with E-state index >= 15 is 0 Å². The molecule has 5 heteroatoms. The molecule has 1 amide bonds. The lowest BCUT2D eigenvalue weighted by Gasteiger charge is -2.12. The lowest BCUT2D eigenvalue weighted by molar-refractivity contribution is 0.102. The number of amides is 1. The molecule has 0 fully saturated rings. The summed E-state index contributed by atoms with van der Waals surface area (Å²) in [5.74, 6) is 0.283. The molecule has 0 bridgehead atoms. The van der Waals surface area contributed by atoms with Crippen molar-refractivity contribution in [2.24, 2.45) is 0 Å². The molecule has 0 spiro atoms. The first-order chi connectivity index (χ1) is 12.1. The maximum Gasteiger partial charge on any atom is 0.259 e. The van der Waals surface area contributed by atoms with E-state index in [0.29, 0.717) is 28.6 Å². The predicted molar refractivity (Wildman–Crippen MR) is 104 cm³/mol.